The molecule has 0 radical (unpaired) electrons. The van der Waals surface area contributed by atoms with Crippen molar-refractivity contribution in [2.75, 3.05) is 32.8 Å². The Morgan fingerprint density at radius 1 is 1.19 bits per heavy atom. The molecule has 142 valence electrons. The van der Waals surface area contributed by atoms with Crippen molar-refractivity contribution in [2.45, 2.75) is 38.3 Å². The van der Waals surface area contributed by atoms with E-state index in [0.717, 1.165) is 44.0 Å². The number of likely N-dealkylation sites (tertiary alicyclic amines) is 1. The highest BCUT2D eigenvalue weighted by Gasteiger charge is 2.14. The van der Waals surface area contributed by atoms with E-state index < -0.39 is 6.10 Å². The lowest BCUT2D eigenvalue weighted by Crippen LogP contribution is -2.38. The van der Waals surface area contributed by atoms with Gasteiger partial charge in [-0.3, -0.25) is 0 Å². The molecule has 6 heteroatoms. The fourth-order valence-electron chi connectivity index (χ4n) is 3.27. The Morgan fingerprint density at radius 3 is 2.73 bits per heavy atom. The monoisotopic (exact) mass is 358 g/mol. The molecule has 1 aliphatic heterocycles. The Kier molecular flexibility index (Phi) is 7.49. The molecule has 2 aromatic rings. The maximum atomic E-state index is 10.2. The van der Waals surface area contributed by atoms with Crippen molar-refractivity contribution < 1.29 is 9.84 Å². The summed E-state index contributed by atoms with van der Waals surface area (Å²) in [6, 6.07) is 8.07. The van der Waals surface area contributed by atoms with Crippen LogP contribution < -0.4 is 10.1 Å². The number of β-amino-alcohol motifs (C(OH)–C–C–N with tert-alkyl or cyclic N) is 1. The van der Waals surface area contributed by atoms with Gasteiger partial charge >= 0.3 is 0 Å². The topological polar surface area (TPSA) is 73.4 Å². The minimum atomic E-state index is -0.433. The number of rotatable bonds is 10. The van der Waals surface area contributed by atoms with Crippen LogP contribution in [0.1, 0.15) is 30.5 Å². The number of ether oxygens (including phenoxy) is 1. The predicted molar refractivity (Wildman–Crippen MR) is 102 cm³/mol. The Bertz CT molecular complexity index is 609. The van der Waals surface area contributed by atoms with Crippen LogP contribution in [-0.4, -0.2) is 58.9 Å². The van der Waals surface area contributed by atoms with Gasteiger partial charge in [0, 0.05) is 37.9 Å². The molecule has 0 bridgehead atoms. The number of aliphatic hydroxyl groups is 1. The van der Waals surface area contributed by atoms with Crippen LogP contribution in [0.4, 0.5) is 0 Å². The van der Waals surface area contributed by atoms with Gasteiger partial charge in [-0.25, -0.2) is 4.98 Å². The molecule has 0 saturated carbocycles. The second-order valence-corrected chi connectivity index (χ2v) is 6.97. The Labute approximate surface area is 155 Å². The van der Waals surface area contributed by atoms with E-state index in [-0.39, 0.29) is 0 Å². The number of aromatic amines is 1. The largest absolute Gasteiger partial charge is 0.491 e. The average molecular weight is 358 g/mol. The number of benzene rings is 1. The number of imidazole rings is 1. The van der Waals surface area contributed by atoms with Gasteiger partial charge in [0.1, 0.15) is 18.5 Å². The second-order valence-electron chi connectivity index (χ2n) is 6.97. The number of piperidine rings is 1. The van der Waals surface area contributed by atoms with Gasteiger partial charge in [-0.15, -0.1) is 0 Å². The second kappa shape index (κ2) is 10.3. The highest BCUT2D eigenvalue weighted by Crippen LogP contribution is 2.13. The van der Waals surface area contributed by atoms with E-state index in [1.807, 2.05) is 18.3 Å². The third-order valence-corrected chi connectivity index (χ3v) is 4.74. The summed E-state index contributed by atoms with van der Waals surface area (Å²) < 4.78 is 5.73. The molecule has 3 N–H and O–H groups in total. The fraction of sp³-hybridized carbons (Fsp3) is 0.550. The summed E-state index contributed by atoms with van der Waals surface area (Å²) in [7, 11) is 0. The molecule has 6 nitrogen and oxygen atoms in total. The minimum absolute atomic E-state index is 0.346. The molecule has 3 rings (SSSR count). The Hall–Kier alpha value is -1.89. The molecule has 1 aromatic carbocycles. The zero-order valence-electron chi connectivity index (χ0n) is 15.4. The summed E-state index contributed by atoms with van der Waals surface area (Å²) in [6.45, 7) is 4.98. The van der Waals surface area contributed by atoms with Crippen LogP contribution >= 0.6 is 0 Å². The highest BCUT2D eigenvalue weighted by atomic mass is 16.5. The standard InChI is InChI=1S/C20H30N4O2/c25-19(14-24-10-2-1-3-11-24)15-26-20-6-4-17(5-7-20)12-21-9-8-18-13-22-16-23-18/h4-7,13,16,19,21,25H,1-3,8-12,14-15H2,(H,22,23). The van der Waals surface area contributed by atoms with Crippen molar-refractivity contribution in [3.63, 3.8) is 0 Å². The summed E-state index contributed by atoms with van der Waals surface area (Å²) >= 11 is 0. The van der Waals surface area contributed by atoms with Gasteiger partial charge in [-0.05, 0) is 43.6 Å². The normalized spacial score (nSPS) is 16.5. The third-order valence-electron chi connectivity index (χ3n) is 4.74. The quantitative estimate of drug-likeness (QED) is 0.566. The summed E-state index contributed by atoms with van der Waals surface area (Å²) in [5, 5.41) is 13.6. The first-order valence-electron chi connectivity index (χ1n) is 9.60. The van der Waals surface area contributed by atoms with Crippen LogP contribution in [-0.2, 0) is 13.0 Å². The van der Waals surface area contributed by atoms with Gasteiger partial charge < -0.3 is 25.0 Å². The molecule has 2 heterocycles. The van der Waals surface area contributed by atoms with Crippen LogP contribution in [0.25, 0.3) is 0 Å². The molecular formula is C20H30N4O2. The number of aromatic nitrogens is 2. The number of hydrogen-bond donors (Lipinski definition) is 3. The molecule has 0 amide bonds. The lowest BCUT2D eigenvalue weighted by molar-refractivity contribution is 0.0617. The zero-order valence-corrected chi connectivity index (χ0v) is 15.4. The molecule has 1 saturated heterocycles. The number of nitrogens with one attached hydrogen (secondary N) is 2. The lowest BCUT2D eigenvalue weighted by Gasteiger charge is -2.28. The molecule has 0 aliphatic carbocycles. The maximum Gasteiger partial charge on any atom is 0.119 e. The highest BCUT2D eigenvalue weighted by molar-refractivity contribution is 5.27. The molecule has 1 fully saturated rings. The Morgan fingerprint density at radius 2 is 2.00 bits per heavy atom. The lowest BCUT2D eigenvalue weighted by atomic mass is 10.1. The van der Waals surface area contributed by atoms with Gasteiger partial charge in [0.25, 0.3) is 0 Å². The van der Waals surface area contributed by atoms with Crippen LogP contribution in [0, 0.1) is 0 Å². The van der Waals surface area contributed by atoms with Crippen LogP contribution in [0.2, 0.25) is 0 Å². The van der Waals surface area contributed by atoms with Crippen molar-refractivity contribution in [3.8, 4) is 5.75 Å². The molecule has 0 spiro atoms. The third kappa shape index (κ3) is 6.44. The minimum Gasteiger partial charge on any atom is -0.491 e. The fourth-order valence-corrected chi connectivity index (χ4v) is 3.27. The SMILES string of the molecule is OC(COc1ccc(CNCCc2cnc[nH]2)cc1)CN1CCCCC1. The van der Waals surface area contributed by atoms with Gasteiger partial charge in [0.2, 0.25) is 0 Å². The van der Waals surface area contributed by atoms with Crippen LogP contribution in [0.5, 0.6) is 5.75 Å². The average Bonchev–Trinajstić information content (AvgIpc) is 3.19. The zero-order chi connectivity index (χ0) is 18.0. The summed E-state index contributed by atoms with van der Waals surface area (Å²) in [4.78, 5) is 9.44. The van der Waals surface area contributed by atoms with Crippen molar-refractivity contribution in [1.82, 2.24) is 20.2 Å². The number of H-pyrrole nitrogens is 1. The first kappa shape index (κ1) is 18.9. The number of aliphatic hydroxyl groups excluding tert-OH is 1. The molecule has 1 unspecified atom stereocenters. The van der Waals surface area contributed by atoms with E-state index in [2.05, 4.69) is 32.3 Å². The van der Waals surface area contributed by atoms with Gasteiger partial charge in [0.15, 0.2) is 0 Å². The maximum absolute atomic E-state index is 10.2. The summed E-state index contributed by atoms with van der Waals surface area (Å²) in [5.74, 6) is 0.809. The number of nitrogens with zero attached hydrogens (tertiary/aromatic N) is 2. The van der Waals surface area contributed by atoms with E-state index >= 15 is 0 Å². The van der Waals surface area contributed by atoms with E-state index in [9.17, 15) is 5.11 Å². The van der Waals surface area contributed by atoms with Crippen molar-refractivity contribution in [3.05, 3.63) is 48.0 Å². The first-order valence-corrected chi connectivity index (χ1v) is 9.60. The van der Waals surface area contributed by atoms with Gasteiger partial charge in [-0.1, -0.05) is 18.6 Å². The molecule has 1 aliphatic rings. The van der Waals surface area contributed by atoms with Crippen LogP contribution in [0.3, 0.4) is 0 Å². The molecule has 1 aromatic heterocycles. The molecule has 1 atom stereocenters. The molecule has 26 heavy (non-hydrogen) atoms. The van der Waals surface area contributed by atoms with Crippen molar-refractivity contribution in [1.29, 1.82) is 0 Å². The van der Waals surface area contributed by atoms with Crippen molar-refractivity contribution in [2.24, 2.45) is 0 Å². The van der Waals surface area contributed by atoms with E-state index in [1.165, 1.54) is 24.8 Å². The van der Waals surface area contributed by atoms with Gasteiger partial charge in [-0.2, -0.15) is 0 Å². The molecular weight excluding hydrogens is 328 g/mol. The van der Waals surface area contributed by atoms with E-state index in [1.54, 1.807) is 6.33 Å². The Balaban J connectivity index is 1.31. The first-order chi connectivity index (χ1) is 12.8. The van der Waals surface area contributed by atoms with Crippen LogP contribution in [0.15, 0.2) is 36.8 Å². The predicted octanol–water partition coefficient (Wildman–Crippen LogP) is 1.97. The van der Waals surface area contributed by atoms with Crippen molar-refractivity contribution >= 4 is 0 Å². The number of hydrogen-bond acceptors (Lipinski definition) is 5. The van der Waals surface area contributed by atoms with E-state index in [4.69, 9.17) is 4.74 Å². The summed E-state index contributed by atoms with van der Waals surface area (Å²) in [5.41, 5.74) is 2.36. The smallest absolute Gasteiger partial charge is 0.119 e. The summed E-state index contributed by atoms with van der Waals surface area (Å²) in [6.07, 6.45) is 7.86. The van der Waals surface area contributed by atoms with E-state index in [0.29, 0.717) is 13.2 Å². The van der Waals surface area contributed by atoms with Gasteiger partial charge in [0.05, 0.1) is 6.33 Å².